The predicted octanol–water partition coefficient (Wildman–Crippen LogP) is -2.08. The SMILES string of the molecule is C.C=C1CC1.C=C1CC1B(C1CC1=C)C1CC1=C.C=C1[CH-]C1.ClB(Cl)Cl.[CH2-]CCC.[Cl-].[Li+].[Li+].[Li+]. The molecule has 0 aromatic rings. The maximum Gasteiger partial charge on any atom is 1.00 e. The molecule has 3 unspecified atom stereocenters. The van der Waals surface area contributed by atoms with E-state index >= 15 is 0 Å². The zero-order valence-electron chi connectivity index (χ0n) is 21.4. The fraction of sp³-hybridized carbons (Fsp3) is 0.520. The maximum atomic E-state index is 4.81. The van der Waals surface area contributed by atoms with E-state index in [0.29, 0.717) is 0 Å². The van der Waals surface area contributed by atoms with Gasteiger partial charge in [-0.05, 0) is 49.6 Å². The molecule has 5 rings (SSSR count). The van der Waals surface area contributed by atoms with Gasteiger partial charge in [0.05, 0.1) is 0 Å². The molecule has 0 nitrogen and oxygen atoms in total. The maximum absolute atomic E-state index is 4.81. The number of allylic oxidation sites excluding steroid dienone is 5. The minimum atomic E-state index is -0.750. The standard InChI is InChI=1S/C12H15B.C4H6.C4H5.C4H9.CH4.BCl3.ClH.3Li/c1-7-4-10(7)13(11-5-8(11)2)12-6-9(12)3;2*1-4-2-3-4;1-3-4-2;;2-1(3)4;;;;/h10-12H,1-6H2;1-3H2;2H,1,3H2;1,3-4H2,2H3;1H4;;1H;;;/q;;2*-1;;;;3*+1/p-1. The molecule has 0 saturated heterocycles. The van der Waals surface area contributed by atoms with E-state index in [1.165, 1.54) is 72.8 Å². The first-order chi connectivity index (χ1) is 13.6. The first kappa shape index (κ1) is 45.6. The first-order valence-electron chi connectivity index (χ1n) is 10.5. The summed E-state index contributed by atoms with van der Waals surface area (Å²) in [6.45, 7) is 26.1. The molecule has 0 radical (unpaired) electrons. The van der Waals surface area contributed by atoms with Gasteiger partial charge < -0.3 is 19.3 Å². The number of hydrogen-bond acceptors (Lipinski definition) is 0. The first-order valence-corrected chi connectivity index (χ1v) is 11.8. The van der Waals surface area contributed by atoms with E-state index < -0.39 is 4.96 Å². The van der Waals surface area contributed by atoms with Crippen molar-refractivity contribution in [3.8, 4) is 0 Å². The molecule has 5 aliphatic carbocycles. The van der Waals surface area contributed by atoms with Crippen LogP contribution in [0, 0.1) is 13.3 Å². The molecule has 9 heteroatoms. The van der Waals surface area contributed by atoms with Crippen molar-refractivity contribution >= 4 is 46.1 Å². The van der Waals surface area contributed by atoms with Crippen molar-refractivity contribution in [1.82, 2.24) is 0 Å². The molecule has 0 aliphatic heterocycles. The van der Waals surface area contributed by atoms with Gasteiger partial charge >= 0.3 is 61.5 Å². The summed E-state index contributed by atoms with van der Waals surface area (Å²) in [4.78, 5) is -0.750. The Morgan fingerprint density at radius 3 is 1.09 bits per heavy atom. The summed E-state index contributed by atoms with van der Waals surface area (Å²) in [5.74, 6) is 2.48. The van der Waals surface area contributed by atoms with Gasteiger partial charge in [0, 0.05) is 0 Å². The Kier molecular flexibility index (Phi) is 31.8. The number of halogens is 4. The summed E-state index contributed by atoms with van der Waals surface area (Å²) in [6.07, 6.45) is 12.0. The normalized spacial score (nSPS) is 22.0. The van der Waals surface area contributed by atoms with Gasteiger partial charge in [0.1, 0.15) is 0 Å². The van der Waals surface area contributed by atoms with Gasteiger partial charge in [-0.15, -0.1) is 26.2 Å². The second-order valence-corrected chi connectivity index (χ2v) is 10.4. The molecule has 0 bridgehead atoms. The van der Waals surface area contributed by atoms with Crippen molar-refractivity contribution in [2.75, 3.05) is 0 Å². The molecule has 0 heterocycles. The van der Waals surface area contributed by atoms with Gasteiger partial charge in [0.25, 0.3) is 0 Å². The Bertz CT molecular complexity index is 557. The van der Waals surface area contributed by atoms with Crippen LogP contribution in [0.2, 0.25) is 17.5 Å². The third-order valence-electron chi connectivity index (χ3n) is 5.38. The van der Waals surface area contributed by atoms with Crippen molar-refractivity contribution < 1.29 is 69.0 Å². The molecule has 3 atom stereocenters. The van der Waals surface area contributed by atoms with Gasteiger partial charge in [0.2, 0.25) is 0 Å². The molecule has 5 fully saturated rings. The van der Waals surface area contributed by atoms with Gasteiger partial charge in [-0.3, -0.25) is 0 Å². The van der Waals surface area contributed by atoms with E-state index in [2.05, 4.69) is 53.2 Å². The van der Waals surface area contributed by atoms with Crippen molar-refractivity contribution in [2.24, 2.45) is 0 Å². The molecule has 34 heavy (non-hydrogen) atoms. The minimum absolute atomic E-state index is 0. The number of unbranched alkanes of at least 4 members (excludes halogenated alkanes) is 1. The summed E-state index contributed by atoms with van der Waals surface area (Å²) in [7, 11) is 0. The van der Waals surface area contributed by atoms with E-state index in [0.717, 1.165) is 30.6 Å². The average molecular weight is 524 g/mol. The van der Waals surface area contributed by atoms with Crippen LogP contribution in [0.1, 0.15) is 65.7 Å². The van der Waals surface area contributed by atoms with Crippen LogP contribution in [0.25, 0.3) is 0 Å². The molecule has 5 aliphatic rings. The summed E-state index contributed by atoms with van der Waals surface area (Å²) in [5.41, 5.74) is 7.14. The van der Waals surface area contributed by atoms with Crippen LogP contribution in [0.4, 0.5) is 0 Å². The minimum Gasteiger partial charge on any atom is -1.00 e. The average Bonchev–Trinajstić information content (AvgIpc) is 3.43. The van der Waals surface area contributed by atoms with Crippen LogP contribution >= 0.6 is 34.4 Å². The fourth-order valence-electron chi connectivity index (χ4n) is 2.90. The van der Waals surface area contributed by atoms with E-state index in [1.807, 2.05) is 0 Å². The largest absolute Gasteiger partial charge is 1.00 e. The Labute approximate surface area is 269 Å². The molecule has 0 amide bonds. The van der Waals surface area contributed by atoms with Crippen molar-refractivity contribution in [2.45, 2.75) is 83.2 Å². The molecule has 0 aromatic heterocycles. The summed E-state index contributed by atoms with van der Waals surface area (Å²) in [5, 5.41) is 0. The van der Waals surface area contributed by atoms with Crippen LogP contribution in [-0.4, -0.2) is 11.7 Å². The summed E-state index contributed by atoms with van der Waals surface area (Å²) >= 11 is 14.4. The van der Waals surface area contributed by atoms with Crippen LogP contribution in [0.3, 0.4) is 0 Å². The van der Waals surface area contributed by atoms with Gasteiger partial charge in [-0.25, -0.2) is 18.6 Å². The number of hydrogen-bond donors (Lipinski definition) is 0. The molecule has 0 N–H and O–H groups in total. The van der Waals surface area contributed by atoms with Crippen molar-refractivity contribution in [3.05, 3.63) is 74.1 Å². The van der Waals surface area contributed by atoms with E-state index in [4.69, 9.17) is 34.4 Å². The molecule has 5 saturated carbocycles. The van der Waals surface area contributed by atoms with Crippen molar-refractivity contribution in [3.63, 3.8) is 0 Å². The van der Waals surface area contributed by atoms with Crippen molar-refractivity contribution in [1.29, 1.82) is 0 Å². The fourth-order valence-corrected chi connectivity index (χ4v) is 2.90. The Morgan fingerprint density at radius 2 is 1.03 bits per heavy atom. The summed E-state index contributed by atoms with van der Waals surface area (Å²) in [6, 6.07) is 0. The van der Waals surface area contributed by atoms with Gasteiger partial charge in [-0.1, -0.05) is 49.6 Å². The van der Waals surface area contributed by atoms with E-state index in [9.17, 15) is 0 Å². The molecule has 0 aromatic carbocycles. The molecular formula is C25H39B2Cl4Li3. The van der Waals surface area contributed by atoms with Gasteiger partial charge in [0.15, 0.2) is 6.71 Å². The zero-order valence-corrected chi connectivity index (χ0v) is 24.4. The predicted molar refractivity (Wildman–Crippen MR) is 145 cm³/mol. The van der Waals surface area contributed by atoms with E-state index in [-0.39, 0.29) is 76.4 Å². The molecule has 176 valence electrons. The molecular weight excluding hydrogens is 485 g/mol. The third-order valence-corrected chi connectivity index (χ3v) is 5.38. The second kappa shape index (κ2) is 23.7. The third kappa shape index (κ3) is 24.0. The summed E-state index contributed by atoms with van der Waals surface area (Å²) < 4.78 is 0. The molecule has 0 spiro atoms. The smallest absolute Gasteiger partial charge is 1.00 e. The van der Waals surface area contributed by atoms with Gasteiger partial charge in [-0.2, -0.15) is 40.8 Å². The van der Waals surface area contributed by atoms with Crippen LogP contribution in [0.15, 0.2) is 60.8 Å². The van der Waals surface area contributed by atoms with E-state index in [1.54, 1.807) is 0 Å². The van der Waals surface area contributed by atoms with Crippen LogP contribution in [-0.2, 0) is 0 Å². The zero-order chi connectivity index (χ0) is 22.1. The quantitative estimate of drug-likeness (QED) is 0.226. The number of rotatable bonds is 4. The second-order valence-electron chi connectivity index (χ2n) is 8.40. The topological polar surface area (TPSA) is 0 Å². The Morgan fingerprint density at radius 1 is 0.853 bits per heavy atom. The van der Waals surface area contributed by atoms with Crippen LogP contribution < -0.4 is 69.0 Å². The Balaban J connectivity index is -0.000000114. The monoisotopic (exact) mass is 522 g/mol. The van der Waals surface area contributed by atoms with Crippen LogP contribution in [0.5, 0.6) is 0 Å². The Hall–Kier alpha value is 1.65.